The number of aromatic nitrogens is 2. The lowest BCUT2D eigenvalue weighted by Crippen LogP contribution is -2.33. The summed E-state index contributed by atoms with van der Waals surface area (Å²) >= 11 is 0. The minimum atomic E-state index is 0.251. The highest BCUT2D eigenvalue weighted by molar-refractivity contribution is 5.84. The fourth-order valence-corrected chi connectivity index (χ4v) is 3.19. The van der Waals surface area contributed by atoms with Crippen LogP contribution in [-0.2, 0) is 0 Å². The Morgan fingerprint density at radius 2 is 2.20 bits per heavy atom. The normalized spacial score (nSPS) is 23.4. The van der Waals surface area contributed by atoms with Crippen LogP contribution < -0.4 is 10.5 Å². The van der Waals surface area contributed by atoms with E-state index in [-0.39, 0.29) is 12.1 Å². The fourth-order valence-electron chi connectivity index (χ4n) is 3.19. The Labute approximate surface area is 119 Å². The molecule has 2 aromatic rings. The Morgan fingerprint density at radius 3 is 2.95 bits per heavy atom. The molecular formula is C16H23N3O. The van der Waals surface area contributed by atoms with Crippen LogP contribution >= 0.6 is 0 Å². The smallest absolute Gasteiger partial charge is 0.123 e. The quantitative estimate of drug-likeness (QED) is 0.901. The van der Waals surface area contributed by atoms with Gasteiger partial charge in [0, 0.05) is 17.0 Å². The third-order valence-electron chi connectivity index (χ3n) is 4.16. The molecule has 2 atom stereocenters. The highest BCUT2D eigenvalue weighted by Gasteiger charge is 2.22. The van der Waals surface area contributed by atoms with Crippen molar-refractivity contribution in [1.82, 2.24) is 10.2 Å². The van der Waals surface area contributed by atoms with Crippen LogP contribution in [0.4, 0.5) is 0 Å². The molecule has 20 heavy (non-hydrogen) atoms. The van der Waals surface area contributed by atoms with Crippen LogP contribution in [0.2, 0.25) is 0 Å². The van der Waals surface area contributed by atoms with Gasteiger partial charge in [0.1, 0.15) is 11.9 Å². The number of nitrogens with two attached hydrogens (primary N) is 1. The Hall–Kier alpha value is -1.55. The second kappa shape index (κ2) is 5.44. The van der Waals surface area contributed by atoms with E-state index in [9.17, 15) is 0 Å². The molecule has 1 fully saturated rings. The van der Waals surface area contributed by atoms with Crippen LogP contribution in [0.5, 0.6) is 5.75 Å². The molecule has 3 rings (SSSR count). The number of nitrogens with zero attached hydrogens (tertiary/aromatic N) is 1. The van der Waals surface area contributed by atoms with Gasteiger partial charge in [-0.05, 0) is 43.7 Å². The lowest BCUT2D eigenvalue weighted by atomic mass is 9.93. The minimum absolute atomic E-state index is 0.251. The van der Waals surface area contributed by atoms with Crippen molar-refractivity contribution in [2.45, 2.75) is 57.6 Å². The maximum atomic E-state index is 6.27. The van der Waals surface area contributed by atoms with Crippen molar-refractivity contribution in [3.05, 3.63) is 23.9 Å². The molecule has 4 nitrogen and oxygen atoms in total. The molecule has 1 aliphatic rings. The molecule has 1 heterocycles. The van der Waals surface area contributed by atoms with Gasteiger partial charge in [0.05, 0.1) is 11.7 Å². The zero-order valence-corrected chi connectivity index (χ0v) is 12.2. The van der Waals surface area contributed by atoms with Gasteiger partial charge >= 0.3 is 0 Å². The van der Waals surface area contributed by atoms with Crippen LogP contribution in [0.3, 0.4) is 0 Å². The largest absolute Gasteiger partial charge is 0.490 e. The second-order valence-corrected chi connectivity index (χ2v) is 6.13. The van der Waals surface area contributed by atoms with Gasteiger partial charge in [0.2, 0.25) is 0 Å². The number of benzene rings is 1. The molecule has 0 bridgehead atoms. The lowest BCUT2D eigenvalue weighted by molar-refractivity contribution is 0.143. The van der Waals surface area contributed by atoms with Crippen molar-refractivity contribution in [2.75, 3.05) is 0 Å². The number of hydrogen-bond acceptors (Lipinski definition) is 3. The van der Waals surface area contributed by atoms with Crippen molar-refractivity contribution in [3.63, 3.8) is 0 Å². The van der Waals surface area contributed by atoms with E-state index >= 15 is 0 Å². The molecule has 1 aromatic carbocycles. The molecule has 1 aromatic heterocycles. The highest BCUT2D eigenvalue weighted by atomic mass is 16.5. The van der Waals surface area contributed by atoms with Gasteiger partial charge in [-0.25, -0.2) is 0 Å². The SMILES string of the molecule is CC(C)c1c(O[C@H]2CCC[C@H](N)C2)ccc2[nH]ncc12. The van der Waals surface area contributed by atoms with Crippen LogP contribution in [0.1, 0.15) is 51.0 Å². The molecule has 0 aliphatic heterocycles. The summed E-state index contributed by atoms with van der Waals surface area (Å²) in [6, 6.07) is 4.40. The van der Waals surface area contributed by atoms with E-state index in [4.69, 9.17) is 10.5 Å². The first-order valence-electron chi connectivity index (χ1n) is 7.53. The molecule has 1 aliphatic carbocycles. The van der Waals surface area contributed by atoms with Gasteiger partial charge in [0.15, 0.2) is 0 Å². The van der Waals surface area contributed by atoms with Crippen molar-refractivity contribution in [1.29, 1.82) is 0 Å². The van der Waals surface area contributed by atoms with Gasteiger partial charge in [-0.15, -0.1) is 0 Å². The molecule has 0 spiro atoms. The van der Waals surface area contributed by atoms with E-state index in [0.717, 1.165) is 42.3 Å². The van der Waals surface area contributed by atoms with Crippen molar-refractivity contribution >= 4 is 10.9 Å². The zero-order valence-electron chi connectivity index (χ0n) is 12.2. The van der Waals surface area contributed by atoms with E-state index in [1.54, 1.807) is 0 Å². The first kappa shape index (κ1) is 13.4. The summed E-state index contributed by atoms with van der Waals surface area (Å²) in [6.07, 6.45) is 6.49. The maximum Gasteiger partial charge on any atom is 0.123 e. The number of rotatable bonds is 3. The van der Waals surface area contributed by atoms with Gasteiger partial charge in [0.25, 0.3) is 0 Å². The number of ether oxygens (including phenoxy) is 1. The minimum Gasteiger partial charge on any atom is -0.490 e. The van der Waals surface area contributed by atoms with Crippen LogP contribution in [0.15, 0.2) is 18.3 Å². The third kappa shape index (κ3) is 2.52. The number of nitrogens with one attached hydrogen (secondary N) is 1. The Kier molecular flexibility index (Phi) is 3.66. The van der Waals surface area contributed by atoms with E-state index in [2.05, 4.69) is 30.1 Å². The fraction of sp³-hybridized carbons (Fsp3) is 0.562. The summed E-state index contributed by atoms with van der Waals surface area (Å²) in [4.78, 5) is 0. The molecule has 4 heteroatoms. The van der Waals surface area contributed by atoms with E-state index in [1.807, 2.05) is 12.3 Å². The second-order valence-electron chi connectivity index (χ2n) is 6.13. The topological polar surface area (TPSA) is 63.9 Å². The van der Waals surface area contributed by atoms with E-state index < -0.39 is 0 Å². The number of fused-ring (bicyclic) bond motifs is 1. The monoisotopic (exact) mass is 273 g/mol. The average Bonchev–Trinajstić information content (AvgIpc) is 2.86. The van der Waals surface area contributed by atoms with Crippen molar-refractivity contribution < 1.29 is 4.74 Å². The first-order chi connectivity index (χ1) is 9.65. The maximum absolute atomic E-state index is 6.27. The lowest BCUT2D eigenvalue weighted by Gasteiger charge is -2.28. The Balaban J connectivity index is 1.92. The summed E-state index contributed by atoms with van der Waals surface area (Å²) < 4.78 is 6.27. The van der Waals surface area contributed by atoms with Crippen molar-refractivity contribution in [3.8, 4) is 5.75 Å². The van der Waals surface area contributed by atoms with E-state index in [0.29, 0.717) is 5.92 Å². The molecular weight excluding hydrogens is 250 g/mol. The Morgan fingerprint density at radius 1 is 1.35 bits per heavy atom. The van der Waals surface area contributed by atoms with Gasteiger partial charge in [-0.1, -0.05) is 13.8 Å². The van der Waals surface area contributed by atoms with Gasteiger partial charge in [-0.2, -0.15) is 5.10 Å². The molecule has 1 saturated carbocycles. The highest BCUT2D eigenvalue weighted by Crippen LogP contribution is 2.35. The average molecular weight is 273 g/mol. The molecule has 3 N–H and O–H groups in total. The summed E-state index contributed by atoms with van der Waals surface area (Å²) in [6.45, 7) is 4.39. The van der Waals surface area contributed by atoms with Crippen LogP contribution in [-0.4, -0.2) is 22.3 Å². The van der Waals surface area contributed by atoms with Crippen LogP contribution in [0, 0.1) is 0 Å². The van der Waals surface area contributed by atoms with Crippen LogP contribution in [0.25, 0.3) is 10.9 Å². The predicted molar refractivity (Wildman–Crippen MR) is 81.0 cm³/mol. The summed E-state index contributed by atoms with van der Waals surface area (Å²) in [5.74, 6) is 1.40. The summed E-state index contributed by atoms with van der Waals surface area (Å²) in [5, 5.41) is 8.34. The first-order valence-corrected chi connectivity index (χ1v) is 7.53. The summed E-state index contributed by atoms with van der Waals surface area (Å²) in [7, 11) is 0. The molecule has 0 radical (unpaired) electrons. The van der Waals surface area contributed by atoms with Gasteiger partial charge in [-0.3, -0.25) is 5.10 Å². The van der Waals surface area contributed by atoms with Crippen molar-refractivity contribution in [2.24, 2.45) is 5.73 Å². The third-order valence-corrected chi connectivity index (χ3v) is 4.16. The van der Waals surface area contributed by atoms with Gasteiger partial charge < -0.3 is 10.5 Å². The molecule has 0 saturated heterocycles. The van der Waals surface area contributed by atoms with E-state index in [1.165, 1.54) is 5.56 Å². The Bertz CT molecular complexity index is 590. The number of aromatic amines is 1. The number of hydrogen-bond donors (Lipinski definition) is 2. The zero-order chi connectivity index (χ0) is 14.1. The molecule has 0 unspecified atom stereocenters. The molecule has 108 valence electrons. The summed E-state index contributed by atoms with van der Waals surface area (Å²) in [5.41, 5.74) is 8.37. The molecule has 0 amide bonds. The number of H-pyrrole nitrogens is 1. The predicted octanol–water partition coefficient (Wildman–Crippen LogP) is 3.34. The standard InChI is InChI=1S/C16H23N3O/c1-10(2)16-13-9-18-19-14(13)6-7-15(16)20-12-5-3-4-11(17)8-12/h6-7,9-12H,3-5,8,17H2,1-2H3,(H,18,19)/t11-,12-/m0/s1.